The van der Waals surface area contributed by atoms with E-state index < -0.39 is 12.2 Å². The fourth-order valence-corrected chi connectivity index (χ4v) is 0.690. The highest BCUT2D eigenvalue weighted by Crippen LogP contribution is 1.94. The number of aliphatic hydroxyl groups excluding tert-OH is 2. The van der Waals surface area contributed by atoms with E-state index in [2.05, 4.69) is 5.32 Å². The average Bonchev–Trinajstić information content (AvgIpc) is 1.96. The molecule has 0 aliphatic carbocycles. The van der Waals surface area contributed by atoms with Crippen LogP contribution in [0.25, 0.3) is 0 Å². The lowest BCUT2D eigenvalue weighted by atomic mass is 10.2. The van der Waals surface area contributed by atoms with E-state index in [9.17, 15) is 4.79 Å². The van der Waals surface area contributed by atoms with Crippen molar-refractivity contribution in [2.75, 3.05) is 6.54 Å². The Morgan fingerprint density at radius 1 is 1.33 bits per heavy atom. The molecule has 2 atom stereocenters. The average molecular weight is 175 g/mol. The number of carbonyl (C=O) groups excluding carboxylic acids is 1. The van der Waals surface area contributed by atoms with Crippen molar-refractivity contribution >= 4 is 5.91 Å². The summed E-state index contributed by atoms with van der Waals surface area (Å²) in [4.78, 5) is 10.9. The Kier molecular flexibility index (Phi) is 5.66. The van der Waals surface area contributed by atoms with Crippen molar-refractivity contribution in [1.29, 1.82) is 0 Å². The van der Waals surface area contributed by atoms with Gasteiger partial charge in [0.05, 0.1) is 12.2 Å². The van der Waals surface area contributed by atoms with Crippen molar-refractivity contribution in [3.8, 4) is 0 Å². The van der Waals surface area contributed by atoms with Crippen molar-refractivity contribution < 1.29 is 15.0 Å². The fraction of sp³-hybridized carbons (Fsp3) is 0.875. The molecular formula is C8H17NO3. The molecule has 0 aliphatic heterocycles. The minimum Gasteiger partial charge on any atom is -0.393 e. The molecule has 0 heterocycles. The smallest absolute Gasteiger partial charge is 0.220 e. The van der Waals surface area contributed by atoms with Gasteiger partial charge in [-0.2, -0.15) is 0 Å². The van der Waals surface area contributed by atoms with Gasteiger partial charge in [-0.05, 0) is 20.3 Å². The number of hydrogen-bond acceptors (Lipinski definition) is 3. The lowest BCUT2D eigenvalue weighted by Gasteiger charge is -2.07. The third kappa shape index (κ3) is 7.50. The first-order valence-electron chi connectivity index (χ1n) is 4.15. The van der Waals surface area contributed by atoms with Gasteiger partial charge in [0.25, 0.3) is 0 Å². The van der Waals surface area contributed by atoms with Crippen LogP contribution in [-0.2, 0) is 4.79 Å². The SMILES string of the molecule is CC(O)CCC(=O)NC[C@H](C)O. The van der Waals surface area contributed by atoms with Crippen LogP contribution in [0, 0.1) is 0 Å². The maximum absolute atomic E-state index is 10.9. The molecule has 12 heavy (non-hydrogen) atoms. The predicted octanol–water partition coefficient (Wildman–Crippen LogP) is -0.356. The van der Waals surface area contributed by atoms with Gasteiger partial charge < -0.3 is 15.5 Å². The van der Waals surface area contributed by atoms with E-state index in [1.165, 1.54) is 0 Å². The molecule has 0 saturated carbocycles. The summed E-state index contributed by atoms with van der Waals surface area (Å²) < 4.78 is 0. The molecule has 4 nitrogen and oxygen atoms in total. The van der Waals surface area contributed by atoms with Crippen molar-refractivity contribution in [2.45, 2.75) is 38.9 Å². The molecule has 1 unspecified atom stereocenters. The summed E-state index contributed by atoms with van der Waals surface area (Å²) in [5, 5.41) is 20.2. The van der Waals surface area contributed by atoms with Gasteiger partial charge in [0, 0.05) is 13.0 Å². The van der Waals surface area contributed by atoms with Crippen molar-refractivity contribution in [3.05, 3.63) is 0 Å². The monoisotopic (exact) mass is 175 g/mol. The van der Waals surface area contributed by atoms with Gasteiger partial charge >= 0.3 is 0 Å². The number of hydrogen-bond donors (Lipinski definition) is 3. The van der Waals surface area contributed by atoms with Gasteiger partial charge in [-0.1, -0.05) is 0 Å². The van der Waals surface area contributed by atoms with Crippen LogP contribution in [0.4, 0.5) is 0 Å². The molecule has 0 aliphatic rings. The lowest BCUT2D eigenvalue weighted by Crippen LogP contribution is -2.30. The Bertz CT molecular complexity index is 120. The molecule has 0 saturated heterocycles. The first-order chi connectivity index (χ1) is 5.52. The van der Waals surface area contributed by atoms with E-state index in [0.717, 1.165) is 0 Å². The zero-order chi connectivity index (χ0) is 9.56. The maximum Gasteiger partial charge on any atom is 0.220 e. The van der Waals surface area contributed by atoms with Crippen LogP contribution in [0.5, 0.6) is 0 Å². The van der Waals surface area contributed by atoms with E-state index in [0.29, 0.717) is 12.8 Å². The van der Waals surface area contributed by atoms with Crippen molar-refractivity contribution in [3.63, 3.8) is 0 Å². The number of carbonyl (C=O) groups is 1. The summed E-state index contributed by atoms with van der Waals surface area (Å²) in [7, 11) is 0. The first-order valence-corrected chi connectivity index (χ1v) is 4.15. The molecule has 0 bridgehead atoms. The normalized spacial score (nSPS) is 15.3. The topological polar surface area (TPSA) is 69.6 Å². The maximum atomic E-state index is 10.9. The minimum atomic E-state index is -0.513. The van der Waals surface area contributed by atoms with Crippen LogP contribution < -0.4 is 5.32 Å². The largest absolute Gasteiger partial charge is 0.393 e. The first kappa shape index (κ1) is 11.4. The Morgan fingerprint density at radius 3 is 2.33 bits per heavy atom. The van der Waals surface area contributed by atoms with Crippen LogP contribution in [0.1, 0.15) is 26.7 Å². The van der Waals surface area contributed by atoms with Gasteiger partial charge in [0.2, 0.25) is 5.91 Å². The molecule has 0 radical (unpaired) electrons. The van der Waals surface area contributed by atoms with Crippen molar-refractivity contribution in [1.82, 2.24) is 5.32 Å². The molecule has 0 aromatic rings. The molecule has 0 fully saturated rings. The summed E-state index contributed by atoms with van der Waals surface area (Å²) in [6, 6.07) is 0. The molecule has 1 amide bonds. The van der Waals surface area contributed by atoms with Crippen LogP contribution in [0.2, 0.25) is 0 Å². The van der Waals surface area contributed by atoms with E-state index in [4.69, 9.17) is 10.2 Å². The van der Waals surface area contributed by atoms with Crippen LogP contribution >= 0.6 is 0 Å². The van der Waals surface area contributed by atoms with Crippen LogP contribution in [0.15, 0.2) is 0 Å². The third-order valence-corrected chi connectivity index (χ3v) is 1.38. The Labute approximate surface area is 72.6 Å². The highest BCUT2D eigenvalue weighted by atomic mass is 16.3. The molecule has 0 rings (SSSR count). The summed E-state index contributed by atoms with van der Waals surface area (Å²) in [5.74, 6) is -0.128. The zero-order valence-electron chi connectivity index (χ0n) is 7.58. The second-order valence-corrected chi connectivity index (χ2v) is 3.04. The van der Waals surface area contributed by atoms with E-state index >= 15 is 0 Å². The number of rotatable bonds is 5. The summed E-state index contributed by atoms with van der Waals surface area (Å²) >= 11 is 0. The zero-order valence-corrected chi connectivity index (χ0v) is 7.58. The number of aliphatic hydroxyl groups is 2. The van der Waals surface area contributed by atoms with Crippen LogP contribution in [0.3, 0.4) is 0 Å². The fourth-order valence-electron chi connectivity index (χ4n) is 0.690. The van der Waals surface area contributed by atoms with E-state index in [-0.39, 0.29) is 12.5 Å². The summed E-state index contributed by atoms with van der Waals surface area (Å²) in [6.07, 6.45) is -0.182. The van der Waals surface area contributed by atoms with Gasteiger partial charge in [-0.25, -0.2) is 0 Å². The Morgan fingerprint density at radius 2 is 1.92 bits per heavy atom. The standard InChI is InChI=1S/C8H17NO3/c1-6(10)3-4-8(12)9-5-7(2)11/h6-7,10-11H,3-5H2,1-2H3,(H,9,12)/t6?,7-/m0/s1. The van der Waals surface area contributed by atoms with E-state index in [1.807, 2.05) is 0 Å². The molecular weight excluding hydrogens is 158 g/mol. The molecule has 0 aromatic heterocycles. The lowest BCUT2D eigenvalue weighted by molar-refractivity contribution is -0.122. The predicted molar refractivity (Wildman–Crippen MR) is 45.6 cm³/mol. The Balaban J connectivity index is 3.34. The molecule has 0 aromatic carbocycles. The summed E-state index contributed by atoms with van der Waals surface area (Å²) in [6.45, 7) is 3.52. The summed E-state index contributed by atoms with van der Waals surface area (Å²) in [5.41, 5.74) is 0. The second kappa shape index (κ2) is 5.97. The quantitative estimate of drug-likeness (QED) is 0.534. The third-order valence-electron chi connectivity index (χ3n) is 1.38. The highest BCUT2D eigenvalue weighted by molar-refractivity contribution is 5.75. The van der Waals surface area contributed by atoms with E-state index in [1.54, 1.807) is 13.8 Å². The number of nitrogens with one attached hydrogen (secondary N) is 1. The highest BCUT2D eigenvalue weighted by Gasteiger charge is 2.04. The van der Waals surface area contributed by atoms with Gasteiger partial charge in [-0.15, -0.1) is 0 Å². The molecule has 3 N–H and O–H groups in total. The van der Waals surface area contributed by atoms with Crippen LogP contribution in [-0.4, -0.2) is 34.9 Å². The van der Waals surface area contributed by atoms with Crippen molar-refractivity contribution in [2.24, 2.45) is 0 Å². The number of amides is 1. The van der Waals surface area contributed by atoms with Gasteiger partial charge in [-0.3, -0.25) is 4.79 Å². The second-order valence-electron chi connectivity index (χ2n) is 3.04. The molecule has 72 valence electrons. The molecule has 4 heteroatoms. The van der Waals surface area contributed by atoms with Gasteiger partial charge in [0.15, 0.2) is 0 Å². The Hall–Kier alpha value is -0.610. The minimum absolute atomic E-state index is 0.128. The van der Waals surface area contributed by atoms with Gasteiger partial charge in [0.1, 0.15) is 0 Å². The molecule has 0 spiro atoms.